The fourth-order valence-corrected chi connectivity index (χ4v) is 2.32. The molecule has 0 atom stereocenters. The third-order valence-corrected chi connectivity index (χ3v) is 3.26. The molecule has 1 aromatic carbocycles. The number of hydrogen-bond donors (Lipinski definition) is 1. The van der Waals surface area contributed by atoms with Gasteiger partial charge in [0.2, 0.25) is 0 Å². The summed E-state index contributed by atoms with van der Waals surface area (Å²) in [6, 6.07) is 3.36. The zero-order valence-corrected chi connectivity index (χ0v) is 10.5. The zero-order chi connectivity index (χ0) is 13.4. The molecule has 0 radical (unpaired) electrons. The molecule has 1 aliphatic rings. The van der Waals surface area contributed by atoms with Gasteiger partial charge in [0.15, 0.2) is 5.82 Å². The second kappa shape index (κ2) is 4.66. The Kier molecular flexibility index (Phi) is 2.98. The van der Waals surface area contributed by atoms with Crippen molar-refractivity contribution in [1.82, 2.24) is 15.3 Å². The number of fused-ring (bicyclic) bond motifs is 1. The number of halogens is 2. The minimum Gasteiger partial charge on any atom is -0.312 e. The van der Waals surface area contributed by atoms with Gasteiger partial charge >= 0.3 is 0 Å². The molecule has 1 aromatic heterocycles. The number of aryl methyl sites for hydroxylation is 1. The molecule has 2 aromatic rings. The lowest BCUT2D eigenvalue weighted by atomic mass is 10.1. The number of aromatic nitrogens is 2. The first kappa shape index (κ1) is 12.2. The second-order valence-electron chi connectivity index (χ2n) is 4.64. The van der Waals surface area contributed by atoms with Gasteiger partial charge in [-0.15, -0.1) is 0 Å². The van der Waals surface area contributed by atoms with Crippen LogP contribution in [-0.2, 0) is 13.0 Å². The highest BCUT2D eigenvalue weighted by Gasteiger charge is 2.16. The quantitative estimate of drug-likeness (QED) is 0.856. The van der Waals surface area contributed by atoms with Crippen LogP contribution < -0.4 is 5.32 Å². The highest BCUT2D eigenvalue weighted by Crippen LogP contribution is 2.22. The van der Waals surface area contributed by atoms with Crippen molar-refractivity contribution in [2.45, 2.75) is 19.9 Å². The van der Waals surface area contributed by atoms with Crippen LogP contribution >= 0.6 is 0 Å². The van der Waals surface area contributed by atoms with Gasteiger partial charge in [-0.3, -0.25) is 0 Å². The van der Waals surface area contributed by atoms with Crippen molar-refractivity contribution in [3.05, 3.63) is 46.8 Å². The van der Waals surface area contributed by atoms with E-state index in [1.807, 2.05) is 6.92 Å². The van der Waals surface area contributed by atoms with Crippen LogP contribution in [0.4, 0.5) is 8.78 Å². The first-order valence-electron chi connectivity index (χ1n) is 6.17. The van der Waals surface area contributed by atoms with Crippen molar-refractivity contribution in [2.24, 2.45) is 0 Å². The summed E-state index contributed by atoms with van der Waals surface area (Å²) < 4.78 is 26.5. The molecule has 3 nitrogen and oxygen atoms in total. The van der Waals surface area contributed by atoms with Crippen LogP contribution in [0.3, 0.4) is 0 Å². The molecule has 3 rings (SSSR count). The number of benzene rings is 1. The summed E-state index contributed by atoms with van der Waals surface area (Å²) in [6.45, 7) is 3.51. The second-order valence-corrected chi connectivity index (χ2v) is 4.64. The van der Waals surface area contributed by atoms with Crippen LogP contribution in [0.1, 0.15) is 17.0 Å². The number of rotatable bonds is 1. The number of hydrogen-bond acceptors (Lipinski definition) is 3. The van der Waals surface area contributed by atoms with Crippen molar-refractivity contribution in [1.29, 1.82) is 0 Å². The first-order chi connectivity index (χ1) is 9.13. The lowest BCUT2D eigenvalue weighted by Crippen LogP contribution is -2.26. The van der Waals surface area contributed by atoms with Crippen LogP contribution in [0.2, 0.25) is 0 Å². The molecule has 0 bridgehead atoms. The van der Waals surface area contributed by atoms with E-state index in [4.69, 9.17) is 0 Å². The largest absolute Gasteiger partial charge is 0.312 e. The molecule has 0 saturated heterocycles. The maximum atomic E-state index is 13.2. The Bertz CT molecular complexity index is 621. The van der Waals surface area contributed by atoms with E-state index >= 15 is 0 Å². The van der Waals surface area contributed by atoms with Gasteiger partial charge in [-0.05, 0) is 19.1 Å². The predicted molar refractivity (Wildman–Crippen MR) is 67.5 cm³/mol. The standard InChI is InChI=1S/C14H13F2N3/c1-8-12-7-17-3-2-13(12)19-14(18-8)9-4-10(15)6-11(16)5-9/h4-6,17H,2-3,7H2,1H3. The summed E-state index contributed by atoms with van der Waals surface area (Å²) in [6.07, 6.45) is 0.809. The Hall–Kier alpha value is -1.88. The highest BCUT2D eigenvalue weighted by atomic mass is 19.1. The minimum absolute atomic E-state index is 0.377. The molecule has 0 spiro atoms. The monoisotopic (exact) mass is 261 g/mol. The average Bonchev–Trinajstić information content (AvgIpc) is 2.37. The third kappa shape index (κ3) is 2.33. The first-order valence-corrected chi connectivity index (χ1v) is 6.17. The maximum absolute atomic E-state index is 13.2. The van der Waals surface area contributed by atoms with E-state index in [0.29, 0.717) is 11.4 Å². The lowest BCUT2D eigenvalue weighted by Gasteiger charge is -2.18. The van der Waals surface area contributed by atoms with Gasteiger partial charge in [-0.2, -0.15) is 0 Å². The van der Waals surface area contributed by atoms with E-state index in [1.165, 1.54) is 12.1 Å². The van der Waals surface area contributed by atoms with E-state index in [1.54, 1.807) is 0 Å². The van der Waals surface area contributed by atoms with E-state index in [9.17, 15) is 8.78 Å². The number of nitrogens with one attached hydrogen (secondary N) is 1. The zero-order valence-electron chi connectivity index (χ0n) is 10.5. The smallest absolute Gasteiger partial charge is 0.159 e. The maximum Gasteiger partial charge on any atom is 0.159 e. The summed E-state index contributed by atoms with van der Waals surface area (Å²) in [5.74, 6) is -0.845. The van der Waals surface area contributed by atoms with Crippen LogP contribution in [0.25, 0.3) is 11.4 Å². The Morgan fingerprint density at radius 3 is 2.58 bits per heavy atom. The Labute approximate surface area is 109 Å². The molecule has 0 amide bonds. The molecule has 0 aliphatic carbocycles. The van der Waals surface area contributed by atoms with Gasteiger partial charge in [0.1, 0.15) is 11.6 Å². The summed E-state index contributed by atoms with van der Waals surface area (Å²) >= 11 is 0. The molecule has 2 heterocycles. The van der Waals surface area contributed by atoms with E-state index in [-0.39, 0.29) is 0 Å². The molecule has 19 heavy (non-hydrogen) atoms. The van der Waals surface area contributed by atoms with Gasteiger partial charge in [-0.1, -0.05) is 0 Å². The topological polar surface area (TPSA) is 37.8 Å². The van der Waals surface area contributed by atoms with E-state index < -0.39 is 11.6 Å². The van der Waals surface area contributed by atoms with Gasteiger partial charge in [0.05, 0.1) is 5.69 Å². The summed E-state index contributed by atoms with van der Waals surface area (Å²) in [4.78, 5) is 8.80. The molecule has 5 heteroatoms. The number of nitrogens with zero attached hydrogens (tertiary/aromatic N) is 2. The highest BCUT2D eigenvalue weighted by molar-refractivity contribution is 5.56. The average molecular weight is 261 g/mol. The van der Waals surface area contributed by atoms with Gasteiger partial charge < -0.3 is 5.32 Å². The van der Waals surface area contributed by atoms with Crippen LogP contribution in [-0.4, -0.2) is 16.5 Å². The molecule has 0 fully saturated rings. The summed E-state index contributed by atoms with van der Waals surface area (Å²) in [5, 5.41) is 3.26. The van der Waals surface area contributed by atoms with E-state index in [0.717, 1.165) is 42.5 Å². The van der Waals surface area contributed by atoms with Crippen LogP contribution in [0, 0.1) is 18.6 Å². The van der Waals surface area contributed by atoms with Crippen molar-refractivity contribution >= 4 is 0 Å². The van der Waals surface area contributed by atoms with Crippen molar-refractivity contribution in [2.75, 3.05) is 6.54 Å². The SMILES string of the molecule is Cc1nc(-c2cc(F)cc(F)c2)nc2c1CNCC2. The molecule has 0 saturated carbocycles. The van der Waals surface area contributed by atoms with Crippen molar-refractivity contribution in [3.8, 4) is 11.4 Å². The van der Waals surface area contributed by atoms with E-state index in [2.05, 4.69) is 15.3 Å². The molecule has 0 unspecified atom stereocenters. The molecular weight excluding hydrogens is 248 g/mol. The summed E-state index contributed by atoms with van der Waals surface area (Å²) in [5.41, 5.74) is 3.29. The Balaban J connectivity index is 2.12. The van der Waals surface area contributed by atoms with Crippen LogP contribution in [0.15, 0.2) is 18.2 Å². The van der Waals surface area contributed by atoms with Crippen LogP contribution in [0.5, 0.6) is 0 Å². The third-order valence-electron chi connectivity index (χ3n) is 3.26. The van der Waals surface area contributed by atoms with Gasteiger partial charge in [-0.25, -0.2) is 18.7 Å². The molecule has 1 N–H and O–H groups in total. The minimum atomic E-state index is -0.615. The lowest BCUT2D eigenvalue weighted by molar-refractivity contribution is 0.583. The fraction of sp³-hybridized carbons (Fsp3) is 0.286. The molecule has 1 aliphatic heterocycles. The Morgan fingerprint density at radius 1 is 1.11 bits per heavy atom. The molecular formula is C14H13F2N3. The normalized spacial score (nSPS) is 14.3. The Morgan fingerprint density at radius 2 is 1.84 bits per heavy atom. The van der Waals surface area contributed by atoms with Gasteiger partial charge in [0.25, 0.3) is 0 Å². The van der Waals surface area contributed by atoms with Gasteiger partial charge in [0, 0.05) is 42.4 Å². The van der Waals surface area contributed by atoms with Crippen molar-refractivity contribution in [3.63, 3.8) is 0 Å². The fourth-order valence-electron chi connectivity index (χ4n) is 2.32. The van der Waals surface area contributed by atoms with Crippen molar-refractivity contribution < 1.29 is 8.78 Å². The summed E-state index contributed by atoms with van der Waals surface area (Å²) in [7, 11) is 0. The molecule has 98 valence electrons. The predicted octanol–water partition coefficient (Wildman–Crippen LogP) is 2.38.